The summed E-state index contributed by atoms with van der Waals surface area (Å²) in [5, 5.41) is 0.146. The van der Waals surface area contributed by atoms with Gasteiger partial charge in [-0.3, -0.25) is 9.69 Å². The number of carbonyl (C=O) groups excluding carboxylic acids is 3. The number of carbonyl (C=O) groups is 3. The van der Waals surface area contributed by atoms with E-state index in [0.717, 1.165) is 4.90 Å². The first-order valence-electron chi connectivity index (χ1n) is 7.10. The normalized spacial score (nSPS) is 17.5. The van der Waals surface area contributed by atoms with Gasteiger partial charge in [0.05, 0.1) is 11.6 Å². The largest absolute Gasteiger partial charge is 0.480 e. The number of rotatable bonds is 5. The first kappa shape index (κ1) is 18.4. The van der Waals surface area contributed by atoms with Crippen LogP contribution in [0.4, 0.5) is 4.79 Å². The highest BCUT2D eigenvalue weighted by molar-refractivity contribution is 6.43. The number of amides is 3. The van der Waals surface area contributed by atoms with Crippen LogP contribution in [0.3, 0.4) is 0 Å². The molecule has 1 heterocycles. The molecule has 1 aromatic rings. The molecule has 1 unspecified atom stereocenters. The number of esters is 1. The van der Waals surface area contributed by atoms with Crippen molar-refractivity contribution in [3.63, 3.8) is 0 Å². The van der Waals surface area contributed by atoms with Crippen LogP contribution in [-0.2, 0) is 14.3 Å². The van der Waals surface area contributed by atoms with E-state index >= 15 is 0 Å². The van der Waals surface area contributed by atoms with E-state index < -0.39 is 23.9 Å². The van der Waals surface area contributed by atoms with Crippen molar-refractivity contribution >= 4 is 41.1 Å². The molecule has 1 aliphatic heterocycles. The second-order valence-corrected chi connectivity index (χ2v) is 5.82. The second kappa shape index (κ2) is 7.27. The van der Waals surface area contributed by atoms with Gasteiger partial charge in [-0.25, -0.2) is 9.59 Å². The number of likely N-dealkylation sites (N-methyl/N-ethyl adjacent to an activating group) is 2. The van der Waals surface area contributed by atoms with Gasteiger partial charge in [0.25, 0.3) is 5.91 Å². The zero-order chi connectivity index (χ0) is 18.0. The molecule has 130 valence electrons. The van der Waals surface area contributed by atoms with Crippen LogP contribution >= 0.6 is 23.2 Å². The van der Waals surface area contributed by atoms with Crippen LogP contribution in [0.1, 0.15) is 18.5 Å². The summed E-state index contributed by atoms with van der Waals surface area (Å²) in [5.74, 6) is -0.751. The van der Waals surface area contributed by atoms with Gasteiger partial charge in [-0.1, -0.05) is 29.3 Å². The minimum Gasteiger partial charge on any atom is -0.480 e. The number of benzene rings is 1. The third-order valence-electron chi connectivity index (χ3n) is 3.56. The maximum absolute atomic E-state index is 12.2. The van der Waals surface area contributed by atoms with Crippen LogP contribution in [0, 0.1) is 0 Å². The number of urea groups is 1. The fourth-order valence-corrected chi connectivity index (χ4v) is 2.83. The van der Waals surface area contributed by atoms with Crippen molar-refractivity contribution in [1.29, 1.82) is 0 Å². The molecule has 2 rings (SSSR count). The summed E-state index contributed by atoms with van der Waals surface area (Å²) in [6.07, 6.45) is 0. The molecule has 0 bridgehead atoms. The molecule has 1 fully saturated rings. The van der Waals surface area contributed by atoms with E-state index in [-0.39, 0.29) is 29.0 Å². The van der Waals surface area contributed by atoms with Crippen molar-refractivity contribution < 1.29 is 23.9 Å². The average molecular weight is 375 g/mol. The first-order valence-corrected chi connectivity index (χ1v) is 7.85. The van der Waals surface area contributed by atoms with Crippen LogP contribution in [0.2, 0.25) is 10.0 Å². The highest BCUT2D eigenvalue weighted by Gasteiger charge is 2.43. The maximum atomic E-state index is 12.2. The molecular formula is C15H16Cl2N2O5. The van der Waals surface area contributed by atoms with E-state index in [1.807, 2.05) is 0 Å². The molecule has 3 amide bonds. The average Bonchev–Trinajstić information content (AvgIpc) is 2.73. The minimum atomic E-state index is -0.855. The Labute approximate surface area is 149 Å². The SMILES string of the molecule is CCOC(=O)COc1ccc(C2C(=O)N(C)C(=O)N2C)c(Cl)c1Cl. The molecule has 1 aliphatic rings. The number of nitrogens with zero attached hydrogens (tertiary/aromatic N) is 2. The van der Waals surface area contributed by atoms with Crippen LogP contribution in [0.15, 0.2) is 12.1 Å². The summed E-state index contributed by atoms with van der Waals surface area (Å²) in [4.78, 5) is 37.7. The highest BCUT2D eigenvalue weighted by Crippen LogP contribution is 2.40. The molecule has 1 saturated heterocycles. The summed E-state index contributed by atoms with van der Waals surface area (Å²) < 4.78 is 10.0. The van der Waals surface area contributed by atoms with Crippen LogP contribution in [0.25, 0.3) is 0 Å². The topological polar surface area (TPSA) is 76.1 Å². The van der Waals surface area contributed by atoms with Gasteiger partial charge in [0.2, 0.25) is 0 Å². The Balaban J connectivity index is 2.26. The molecule has 0 N–H and O–H groups in total. The Kier molecular flexibility index (Phi) is 5.56. The predicted molar refractivity (Wildman–Crippen MR) is 87.3 cm³/mol. The monoisotopic (exact) mass is 374 g/mol. The lowest BCUT2D eigenvalue weighted by Gasteiger charge is -2.19. The van der Waals surface area contributed by atoms with E-state index in [4.69, 9.17) is 32.7 Å². The summed E-state index contributed by atoms with van der Waals surface area (Å²) in [5.41, 5.74) is 0.385. The van der Waals surface area contributed by atoms with Gasteiger partial charge in [0, 0.05) is 19.7 Å². The van der Waals surface area contributed by atoms with Gasteiger partial charge in [0.15, 0.2) is 6.61 Å². The highest BCUT2D eigenvalue weighted by atomic mass is 35.5. The summed E-state index contributed by atoms with van der Waals surface area (Å²) in [6, 6.07) is 1.75. The van der Waals surface area contributed by atoms with Crippen LogP contribution in [-0.4, -0.2) is 55.0 Å². The zero-order valence-corrected chi connectivity index (χ0v) is 14.8. The second-order valence-electron chi connectivity index (χ2n) is 5.07. The fourth-order valence-electron chi connectivity index (χ4n) is 2.34. The predicted octanol–water partition coefficient (Wildman–Crippen LogP) is 2.50. The van der Waals surface area contributed by atoms with E-state index in [1.165, 1.54) is 25.1 Å². The van der Waals surface area contributed by atoms with Gasteiger partial charge >= 0.3 is 12.0 Å². The molecule has 0 aliphatic carbocycles. The molecule has 1 aromatic carbocycles. The van der Waals surface area contributed by atoms with Gasteiger partial charge in [-0.05, 0) is 13.0 Å². The Bertz CT molecular complexity index is 695. The van der Waals surface area contributed by atoms with E-state index in [1.54, 1.807) is 13.0 Å². The number of hydrogen-bond acceptors (Lipinski definition) is 5. The Morgan fingerprint density at radius 3 is 2.42 bits per heavy atom. The molecule has 9 heteroatoms. The summed E-state index contributed by atoms with van der Waals surface area (Å²) in [7, 11) is 2.90. The first-order chi connectivity index (χ1) is 11.3. The molecule has 24 heavy (non-hydrogen) atoms. The Morgan fingerprint density at radius 2 is 1.88 bits per heavy atom. The molecular weight excluding hydrogens is 359 g/mol. The molecule has 7 nitrogen and oxygen atoms in total. The quantitative estimate of drug-likeness (QED) is 0.584. The van der Waals surface area contributed by atoms with E-state index in [2.05, 4.69) is 0 Å². The van der Waals surface area contributed by atoms with Gasteiger partial charge in [-0.2, -0.15) is 0 Å². The van der Waals surface area contributed by atoms with Crippen molar-refractivity contribution in [2.75, 3.05) is 27.3 Å². The van der Waals surface area contributed by atoms with Gasteiger partial charge < -0.3 is 14.4 Å². The molecule has 0 spiro atoms. The number of ether oxygens (including phenoxy) is 2. The van der Waals surface area contributed by atoms with Crippen LogP contribution < -0.4 is 4.74 Å². The minimum absolute atomic E-state index is 0.0571. The zero-order valence-electron chi connectivity index (χ0n) is 13.3. The maximum Gasteiger partial charge on any atom is 0.344 e. The van der Waals surface area contributed by atoms with Gasteiger partial charge in [0.1, 0.15) is 16.8 Å². The standard InChI is InChI=1S/C15H16Cl2N2O5/c1-4-23-10(20)7-24-9-6-5-8(11(16)12(9)17)13-14(21)19(3)15(22)18(13)2/h5-6,13H,4,7H2,1-3H3. The molecule has 1 atom stereocenters. The molecule has 0 aromatic heterocycles. The summed E-state index contributed by atoms with van der Waals surface area (Å²) in [6.45, 7) is 1.62. The van der Waals surface area contributed by atoms with Crippen molar-refractivity contribution in [2.45, 2.75) is 13.0 Å². The Hall–Kier alpha value is -1.99. The van der Waals surface area contributed by atoms with E-state index in [9.17, 15) is 14.4 Å². The number of halogens is 2. The molecule has 0 radical (unpaired) electrons. The lowest BCUT2D eigenvalue weighted by molar-refractivity contribution is -0.145. The Morgan fingerprint density at radius 1 is 1.21 bits per heavy atom. The van der Waals surface area contributed by atoms with Gasteiger partial charge in [-0.15, -0.1) is 0 Å². The lowest BCUT2D eigenvalue weighted by Crippen LogP contribution is -2.27. The van der Waals surface area contributed by atoms with Crippen LogP contribution in [0.5, 0.6) is 5.75 Å². The molecule has 0 saturated carbocycles. The third kappa shape index (κ3) is 3.27. The lowest BCUT2D eigenvalue weighted by atomic mass is 10.1. The van der Waals surface area contributed by atoms with Crippen molar-refractivity contribution in [3.8, 4) is 5.75 Å². The van der Waals surface area contributed by atoms with Crippen molar-refractivity contribution in [2.24, 2.45) is 0 Å². The number of imide groups is 1. The summed E-state index contributed by atoms with van der Waals surface area (Å²) >= 11 is 12.4. The number of hydrogen-bond donors (Lipinski definition) is 0. The van der Waals surface area contributed by atoms with Crippen molar-refractivity contribution in [1.82, 2.24) is 9.80 Å². The smallest absolute Gasteiger partial charge is 0.344 e. The van der Waals surface area contributed by atoms with Crippen molar-refractivity contribution in [3.05, 3.63) is 27.7 Å². The van der Waals surface area contributed by atoms with E-state index in [0.29, 0.717) is 5.56 Å². The fraction of sp³-hybridized carbons (Fsp3) is 0.400. The third-order valence-corrected chi connectivity index (χ3v) is 4.44.